The van der Waals surface area contributed by atoms with E-state index in [1.165, 1.54) is 96.8 Å². The van der Waals surface area contributed by atoms with E-state index in [-0.39, 0.29) is 13.8 Å². The first-order chi connectivity index (χ1) is 27.8. The van der Waals surface area contributed by atoms with Crippen LogP contribution in [-0.2, 0) is 9.47 Å². The first-order valence-electron chi connectivity index (χ1n) is 25.9. The molecule has 0 aromatic rings. The first kappa shape index (κ1) is 77.9. The third-order valence-corrected chi connectivity index (χ3v) is 10.7. The molecule has 1 heterocycles. The normalized spacial score (nSPS) is 20.9. The van der Waals surface area contributed by atoms with Gasteiger partial charge in [0.2, 0.25) is 5.92 Å². The Labute approximate surface area is 389 Å². The number of unbranched alkanes of at least 4 members (excludes halogenated alkanes) is 2. The highest BCUT2D eigenvalue weighted by atomic mass is 19.3. The monoisotopic (exact) mass is 887 g/mol. The van der Waals surface area contributed by atoms with E-state index >= 15 is 0 Å². The molecule has 0 radical (unpaired) electrons. The van der Waals surface area contributed by atoms with Gasteiger partial charge in [-0.05, 0) is 80.5 Å². The lowest BCUT2D eigenvalue weighted by atomic mass is 9.88. The van der Waals surface area contributed by atoms with Crippen molar-refractivity contribution < 1.29 is 22.6 Å². The molecule has 0 N–H and O–H groups in total. The maximum absolute atomic E-state index is 12.2. The van der Waals surface area contributed by atoms with E-state index in [1.807, 2.05) is 6.92 Å². The van der Waals surface area contributed by atoms with Crippen molar-refractivity contribution in [2.24, 2.45) is 53.3 Å². The fraction of sp³-hybridized carbons (Fsp3) is 1.00. The Morgan fingerprint density at radius 2 is 0.869 bits per heavy atom. The number of hydrogen-bond donors (Lipinski definition) is 0. The van der Waals surface area contributed by atoms with Crippen LogP contribution in [0.15, 0.2) is 0 Å². The van der Waals surface area contributed by atoms with E-state index in [1.54, 1.807) is 14.0 Å². The zero-order valence-electron chi connectivity index (χ0n) is 46.3. The molecule has 5 fully saturated rings. The Balaban J connectivity index is -0.0000000839. The molecule has 5 heteroatoms. The summed E-state index contributed by atoms with van der Waals surface area (Å²) in [5, 5.41) is 0. The van der Waals surface area contributed by atoms with Crippen molar-refractivity contribution in [1.29, 1.82) is 0 Å². The summed E-state index contributed by atoms with van der Waals surface area (Å²) in [5.41, 5.74) is -0.792. The largest absolute Gasteiger partial charge is 0.385 e. The Bertz CT molecular complexity index is 663. The molecule has 2 nitrogen and oxygen atoms in total. The van der Waals surface area contributed by atoms with E-state index in [9.17, 15) is 13.2 Å². The summed E-state index contributed by atoms with van der Waals surface area (Å²) in [7, 11) is 1.71. The van der Waals surface area contributed by atoms with Crippen molar-refractivity contribution in [3.63, 3.8) is 0 Å². The molecular weight excluding hydrogens is 762 g/mol. The van der Waals surface area contributed by atoms with Gasteiger partial charge in [0.1, 0.15) is 5.67 Å². The van der Waals surface area contributed by atoms with Gasteiger partial charge in [-0.2, -0.15) is 0 Å². The molecule has 0 aromatic heterocycles. The van der Waals surface area contributed by atoms with Crippen LogP contribution >= 0.6 is 0 Å². The van der Waals surface area contributed by atoms with Crippen LogP contribution in [0.5, 0.6) is 0 Å². The molecule has 5 aliphatic rings. The molecule has 382 valence electrons. The molecule has 5 rings (SSSR count). The summed E-state index contributed by atoms with van der Waals surface area (Å²) < 4.78 is 44.6. The predicted molar refractivity (Wildman–Crippen MR) is 279 cm³/mol. The third kappa shape index (κ3) is 99.5. The zero-order chi connectivity index (χ0) is 48.8. The van der Waals surface area contributed by atoms with Gasteiger partial charge in [0, 0.05) is 26.1 Å². The van der Waals surface area contributed by atoms with Crippen LogP contribution in [0.4, 0.5) is 13.2 Å². The van der Waals surface area contributed by atoms with Crippen molar-refractivity contribution >= 4 is 0 Å². The minimum absolute atomic E-state index is 0. The average Bonchev–Trinajstić information content (AvgIpc) is 4.14. The fourth-order valence-corrected chi connectivity index (χ4v) is 3.25. The van der Waals surface area contributed by atoms with Crippen LogP contribution in [0.2, 0.25) is 0 Å². The van der Waals surface area contributed by atoms with E-state index in [0.29, 0.717) is 5.92 Å². The second kappa shape index (κ2) is 55.8. The highest BCUT2D eigenvalue weighted by molar-refractivity contribution is 4.96. The van der Waals surface area contributed by atoms with Gasteiger partial charge >= 0.3 is 0 Å². The molecule has 0 bridgehead atoms. The second-order valence-electron chi connectivity index (χ2n) is 20.0. The molecule has 4 atom stereocenters. The molecule has 0 amide bonds. The summed E-state index contributed by atoms with van der Waals surface area (Å²) in [5.74, 6) is 5.67. The van der Waals surface area contributed by atoms with Crippen molar-refractivity contribution in [2.75, 3.05) is 26.9 Å². The number of methoxy groups -OCH3 is 1. The molecule has 1 aliphatic heterocycles. The van der Waals surface area contributed by atoms with Crippen molar-refractivity contribution in [3.8, 4) is 0 Å². The number of halogens is 3. The van der Waals surface area contributed by atoms with Crippen molar-refractivity contribution in [2.45, 2.75) is 287 Å². The van der Waals surface area contributed by atoms with E-state index in [0.717, 1.165) is 86.9 Å². The number of rotatable bonds is 9. The van der Waals surface area contributed by atoms with Gasteiger partial charge in [0.15, 0.2) is 0 Å². The highest BCUT2D eigenvalue weighted by Gasteiger charge is 2.47. The Morgan fingerprint density at radius 1 is 0.623 bits per heavy atom. The maximum atomic E-state index is 12.2. The summed E-state index contributed by atoms with van der Waals surface area (Å²) in [4.78, 5) is 0. The predicted octanol–water partition coefficient (Wildman–Crippen LogP) is 21.2. The van der Waals surface area contributed by atoms with Gasteiger partial charge in [-0.3, -0.25) is 0 Å². The van der Waals surface area contributed by atoms with E-state index < -0.39 is 11.6 Å². The Morgan fingerprint density at radius 3 is 0.869 bits per heavy atom. The van der Waals surface area contributed by atoms with Crippen molar-refractivity contribution in [1.82, 2.24) is 0 Å². The first-order valence-corrected chi connectivity index (χ1v) is 25.9. The topological polar surface area (TPSA) is 18.5 Å². The van der Waals surface area contributed by atoms with E-state index in [2.05, 4.69) is 132 Å². The SMILES string of the molecule is C.CC(C)C.CC1CC1.CC1CCC1.CC1COC1.CC1C[C@H]1C.CCC(C)(F)F.CCC(C)C.CCC(CC)CC.CCCC.CCCC.CCCOC.C[C@@H]1CC1(C)F. The van der Waals surface area contributed by atoms with Crippen LogP contribution in [0, 0.1) is 53.3 Å². The summed E-state index contributed by atoms with van der Waals surface area (Å²) in [6.07, 6.45) is 21.4. The summed E-state index contributed by atoms with van der Waals surface area (Å²) >= 11 is 0. The minimum atomic E-state index is -2.46. The summed E-state index contributed by atoms with van der Waals surface area (Å²) in [6, 6.07) is 0. The van der Waals surface area contributed by atoms with Crippen LogP contribution in [0.3, 0.4) is 0 Å². The second-order valence-corrected chi connectivity index (χ2v) is 20.0. The van der Waals surface area contributed by atoms with Crippen LogP contribution in [-0.4, -0.2) is 38.5 Å². The van der Waals surface area contributed by atoms with Gasteiger partial charge in [0.05, 0.1) is 13.2 Å². The molecule has 4 aliphatic carbocycles. The average molecular weight is 888 g/mol. The van der Waals surface area contributed by atoms with Crippen LogP contribution < -0.4 is 0 Å². The highest BCUT2D eigenvalue weighted by Crippen LogP contribution is 2.45. The molecule has 4 saturated carbocycles. The lowest BCUT2D eigenvalue weighted by Crippen LogP contribution is -2.23. The summed E-state index contributed by atoms with van der Waals surface area (Å²) in [6.45, 7) is 50.9. The molecule has 1 saturated heterocycles. The maximum Gasteiger partial charge on any atom is 0.245 e. The van der Waals surface area contributed by atoms with Gasteiger partial charge in [-0.15, -0.1) is 0 Å². The molecule has 0 aromatic carbocycles. The molecule has 61 heavy (non-hydrogen) atoms. The van der Waals surface area contributed by atoms with Crippen molar-refractivity contribution in [3.05, 3.63) is 0 Å². The molecule has 2 unspecified atom stereocenters. The fourth-order valence-electron chi connectivity index (χ4n) is 3.25. The standard InChI is InChI=1S/C7H16.C5H9F.2C5H10.C5H12.C4H8F2.C4H8O.C4H10O.C4H8.3C4H10.CH4/c1-4-7(5-2)6-3;1-4-3-5(4,2)6;1-4-3-5(4)2;1-5-3-2-4-5;1-4-5(2)3;1-3-4(2,5)6;1-4-2-5-3-4;1-3-4-5-2;1-4-2-3-4;1-4(2)3;2*1-3-4-2;/h7H,4-6H2,1-3H3;4H,3H2,1-2H3;4-5H,3H2,1-2H3;5H,2-4H2,1H3;5H,4H2,1-3H3;3H2,1-2H3;4H,2-3H2,1H3;3-4H2,1-2H3;4H,2-3H2,1H3;4H,1-3H3;2*3-4H2,1-2H3;1H4/t;2*4-,5?;;;;;;;;;;/m.11........../s1. The minimum Gasteiger partial charge on any atom is -0.385 e. The smallest absolute Gasteiger partial charge is 0.245 e. The number of hydrogen-bond acceptors (Lipinski definition) is 2. The quantitative estimate of drug-likeness (QED) is 0.230. The van der Waals surface area contributed by atoms with Gasteiger partial charge in [0.25, 0.3) is 0 Å². The number of ether oxygens (including phenoxy) is 2. The van der Waals surface area contributed by atoms with Gasteiger partial charge < -0.3 is 9.47 Å². The molecule has 0 spiro atoms. The van der Waals surface area contributed by atoms with E-state index in [4.69, 9.17) is 9.47 Å². The zero-order valence-corrected chi connectivity index (χ0v) is 46.3. The van der Waals surface area contributed by atoms with Gasteiger partial charge in [-0.25, -0.2) is 13.2 Å². The van der Waals surface area contributed by atoms with Crippen LogP contribution in [0.25, 0.3) is 0 Å². The Kier molecular flexibility index (Phi) is 71.3. The lowest BCUT2D eigenvalue weighted by molar-refractivity contribution is -0.0221. The van der Waals surface area contributed by atoms with Gasteiger partial charge in [-0.1, -0.05) is 236 Å². The Hall–Kier alpha value is -0.290. The lowest BCUT2D eigenvalue weighted by Gasteiger charge is -2.20. The van der Waals surface area contributed by atoms with Crippen LogP contribution in [0.1, 0.15) is 276 Å². The molecular formula is C56H125F3O2. The number of alkyl halides is 3. The third-order valence-electron chi connectivity index (χ3n) is 10.7.